The van der Waals surface area contributed by atoms with Gasteiger partial charge in [-0.25, -0.2) is 0 Å². The molecular formula is C15H17ClN2O. The molecule has 0 unspecified atom stereocenters. The van der Waals surface area contributed by atoms with Gasteiger partial charge < -0.3 is 10.1 Å². The summed E-state index contributed by atoms with van der Waals surface area (Å²) in [6.07, 6.45) is 4.40. The Morgan fingerprint density at radius 1 is 1.21 bits per heavy atom. The van der Waals surface area contributed by atoms with E-state index in [1.165, 1.54) is 5.56 Å². The minimum atomic E-state index is 0.708. The van der Waals surface area contributed by atoms with Gasteiger partial charge in [0.05, 0.1) is 12.1 Å². The number of methoxy groups -OCH3 is 1. The molecule has 0 aliphatic carbocycles. The summed E-state index contributed by atoms with van der Waals surface area (Å²) in [5.74, 6) is 0.889. The number of halogens is 1. The number of hydrogen-bond acceptors (Lipinski definition) is 3. The van der Waals surface area contributed by atoms with Gasteiger partial charge >= 0.3 is 0 Å². The van der Waals surface area contributed by atoms with Crippen molar-refractivity contribution in [2.45, 2.75) is 13.0 Å². The van der Waals surface area contributed by atoms with Crippen molar-refractivity contribution in [1.29, 1.82) is 0 Å². The van der Waals surface area contributed by atoms with Crippen LogP contribution in [0.15, 0.2) is 42.7 Å². The lowest BCUT2D eigenvalue weighted by atomic mass is 10.1. The molecule has 2 aromatic rings. The molecular weight excluding hydrogens is 260 g/mol. The summed E-state index contributed by atoms with van der Waals surface area (Å²) in [5.41, 5.74) is 2.36. The first-order chi connectivity index (χ1) is 9.29. The van der Waals surface area contributed by atoms with Gasteiger partial charge in [0.15, 0.2) is 0 Å². The topological polar surface area (TPSA) is 34.1 Å². The molecule has 0 aliphatic heterocycles. The van der Waals surface area contributed by atoms with E-state index in [-0.39, 0.29) is 0 Å². The number of aromatic nitrogens is 1. The normalized spacial score (nSPS) is 10.4. The second-order valence-corrected chi connectivity index (χ2v) is 4.65. The van der Waals surface area contributed by atoms with Crippen LogP contribution in [0.4, 0.5) is 0 Å². The van der Waals surface area contributed by atoms with Gasteiger partial charge in [0.25, 0.3) is 0 Å². The van der Waals surface area contributed by atoms with Crippen LogP contribution < -0.4 is 10.1 Å². The molecule has 4 heteroatoms. The van der Waals surface area contributed by atoms with E-state index in [2.05, 4.69) is 22.4 Å². The van der Waals surface area contributed by atoms with Gasteiger partial charge in [0.1, 0.15) is 5.75 Å². The molecule has 3 nitrogen and oxygen atoms in total. The van der Waals surface area contributed by atoms with Crippen molar-refractivity contribution in [3.63, 3.8) is 0 Å². The molecule has 0 spiro atoms. The standard InChI is InChI=1S/C15H17ClN2O/c1-19-14-4-2-12(3-5-14)6-8-17-10-13-7-9-18-11-15(13)16/h2-5,7,9,11,17H,6,8,10H2,1H3. The van der Waals surface area contributed by atoms with E-state index < -0.39 is 0 Å². The van der Waals surface area contributed by atoms with Crippen LogP contribution in [0.5, 0.6) is 5.75 Å². The molecule has 1 N–H and O–H groups in total. The highest BCUT2D eigenvalue weighted by molar-refractivity contribution is 6.31. The Morgan fingerprint density at radius 2 is 2.00 bits per heavy atom. The van der Waals surface area contributed by atoms with E-state index in [1.54, 1.807) is 19.5 Å². The molecule has 2 rings (SSSR count). The number of pyridine rings is 1. The predicted octanol–water partition coefficient (Wildman–Crippen LogP) is 3.08. The molecule has 100 valence electrons. The molecule has 0 fully saturated rings. The lowest BCUT2D eigenvalue weighted by molar-refractivity contribution is 0.414. The van der Waals surface area contributed by atoms with Crippen LogP contribution in [-0.4, -0.2) is 18.6 Å². The van der Waals surface area contributed by atoms with Gasteiger partial charge in [-0.15, -0.1) is 0 Å². The first-order valence-corrected chi connectivity index (χ1v) is 6.59. The maximum Gasteiger partial charge on any atom is 0.118 e. The van der Waals surface area contributed by atoms with E-state index in [9.17, 15) is 0 Å². The predicted molar refractivity (Wildman–Crippen MR) is 77.7 cm³/mol. The Hall–Kier alpha value is -1.58. The SMILES string of the molecule is COc1ccc(CCNCc2ccncc2Cl)cc1. The fourth-order valence-electron chi connectivity index (χ4n) is 1.80. The number of hydrogen-bond donors (Lipinski definition) is 1. The van der Waals surface area contributed by atoms with Crippen molar-refractivity contribution in [3.05, 3.63) is 58.9 Å². The van der Waals surface area contributed by atoms with Gasteiger partial charge in [-0.3, -0.25) is 4.98 Å². The molecule has 0 radical (unpaired) electrons. The molecule has 0 saturated heterocycles. The summed E-state index contributed by atoms with van der Waals surface area (Å²) in [6, 6.07) is 10.1. The summed E-state index contributed by atoms with van der Waals surface area (Å²) in [7, 11) is 1.68. The summed E-state index contributed by atoms with van der Waals surface area (Å²) < 4.78 is 5.13. The smallest absolute Gasteiger partial charge is 0.118 e. The van der Waals surface area contributed by atoms with Crippen LogP contribution in [0, 0.1) is 0 Å². The Labute approximate surface area is 118 Å². The molecule has 1 aromatic carbocycles. The zero-order valence-corrected chi connectivity index (χ0v) is 11.7. The maximum absolute atomic E-state index is 6.04. The average Bonchev–Trinajstić information content (AvgIpc) is 2.46. The summed E-state index contributed by atoms with van der Waals surface area (Å²) in [4.78, 5) is 3.97. The largest absolute Gasteiger partial charge is 0.497 e. The summed E-state index contributed by atoms with van der Waals surface area (Å²) >= 11 is 6.04. The van der Waals surface area contributed by atoms with Crippen LogP contribution in [0.3, 0.4) is 0 Å². The minimum Gasteiger partial charge on any atom is -0.497 e. The molecule has 0 saturated carbocycles. The van der Waals surface area contributed by atoms with Gasteiger partial charge in [-0.05, 0) is 42.3 Å². The molecule has 0 amide bonds. The highest BCUT2D eigenvalue weighted by atomic mass is 35.5. The number of benzene rings is 1. The number of nitrogens with one attached hydrogen (secondary N) is 1. The van der Waals surface area contributed by atoms with Crippen molar-refractivity contribution >= 4 is 11.6 Å². The molecule has 0 atom stereocenters. The summed E-state index contributed by atoms with van der Waals surface area (Å²) in [6.45, 7) is 1.67. The Kier molecular flexibility index (Phi) is 5.19. The van der Waals surface area contributed by atoms with E-state index in [0.717, 1.165) is 30.8 Å². The highest BCUT2D eigenvalue weighted by Crippen LogP contribution is 2.13. The van der Waals surface area contributed by atoms with Crippen molar-refractivity contribution in [3.8, 4) is 5.75 Å². The molecule has 19 heavy (non-hydrogen) atoms. The van der Waals surface area contributed by atoms with Crippen molar-refractivity contribution in [2.24, 2.45) is 0 Å². The maximum atomic E-state index is 6.04. The van der Waals surface area contributed by atoms with E-state index >= 15 is 0 Å². The second-order valence-electron chi connectivity index (χ2n) is 4.24. The Bertz CT molecular complexity index is 514. The fraction of sp³-hybridized carbons (Fsp3) is 0.267. The highest BCUT2D eigenvalue weighted by Gasteiger charge is 1.99. The third kappa shape index (κ3) is 4.23. The van der Waals surface area contributed by atoms with Gasteiger partial charge in [0.2, 0.25) is 0 Å². The fourth-order valence-corrected chi connectivity index (χ4v) is 1.98. The van der Waals surface area contributed by atoms with Gasteiger partial charge in [-0.2, -0.15) is 0 Å². The van der Waals surface area contributed by atoms with Crippen LogP contribution in [0.25, 0.3) is 0 Å². The van der Waals surface area contributed by atoms with E-state index in [0.29, 0.717) is 5.02 Å². The lowest BCUT2D eigenvalue weighted by Crippen LogP contribution is -2.16. The third-order valence-corrected chi connectivity index (χ3v) is 3.26. The molecule has 0 bridgehead atoms. The first kappa shape index (κ1) is 13.8. The zero-order valence-electron chi connectivity index (χ0n) is 10.9. The molecule has 0 aliphatic rings. The van der Waals surface area contributed by atoms with Crippen molar-refractivity contribution in [1.82, 2.24) is 10.3 Å². The quantitative estimate of drug-likeness (QED) is 0.824. The molecule has 1 aromatic heterocycles. The van der Waals surface area contributed by atoms with Crippen LogP contribution >= 0.6 is 11.6 Å². The summed E-state index contributed by atoms with van der Waals surface area (Å²) in [5, 5.41) is 4.08. The van der Waals surface area contributed by atoms with Crippen LogP contribution in [0.2, 0.25) is 5.02 Å². The van der Waals surface area contributed by atoms with E-state index in [1.807, 2.05) is 18.2 Å². The monoisotopic (exact) mass is 276 g/mol. The Balaban J connectivity index is 1.76. The first-order valence-electron chi connectivity index (χ1n) is 6.21. The second kappa shape index (κ2) is 7.12. The number of ether oxygens (including phenoxy) is 1. The minimum absolute atomic E-state index is 0.708. The number of rotatable bonds is 6. The van der Waals surface area contributed by atoms with Gasteiger partial charge in [-0.1, -0.05) is 23.7 Å². The molecule has 1 heterocycles. The third-order valence-electron chi connectivity index (χ3n) is 2.92. The number of nitrogens with zero attached hydrogens (tertiary/aromatic N) is 1. The van der Waals surface area contributed by atoms with Crippen LogP contribution in [0.1, 0.15) is 11.1 Å². The van der Waals surface area contributed by atoms with Gasteiger partial charge in [0, 0.05) is 18.9 Å². The van der Waals surface area contributed by atoms with Crippen molar-refractivity contribution in [2.75, 3.05) is 13.7 Å². The van der Waals surface area contributed by atoms with Crippen molar-refractivity contribution < 1.29 is 4.74 Å². The van der Waals surface area contributed by atoms with E-state index in [4.69, 9.17) is 16.3 Å². The van der Waals surface area contributed by atoms with Crippen LogP contribution in [-0.2, 0) is 13.0 Å². The zero-order chi connectivity index (χ0) is 13.5. The lowest BCUT2D eigenvalue weighted by Gasteiger charge is -2.07. The Morgan fingerprint density at radius 3 is 2.68 bits per heavy atom. The average molecular weight is 277 g/mol.